The second-order valence-electron chi connectivity index (χ2n) is 8.89. The van der Waals surface area contributed by atoms with Crippen LogP contribution in [0.2, 0.25) is 0 Å². The fraction of sp³-hybridized carbons (Fsp3) is 0.357. The average Bonchev–Trinajstić information content (AvgIpc) is 2.94. The van der Waals surface area contributed by atoms with Crippen molar-refractivity contribution in [1.82, 2.24) is 20.2 Å². The van der Waals surface area contributed by atoms with Gasteiger partial charge in [0.25, 0.3) is 5.91 Å². The summed E-state index contributed by atoms with van der Waals surface area (Å²) in [5, 5.41) is 3.22. The van der Waals surface area contributed by atoms with Crippen molar-refractivity contribution in [2.75, 3.05) is 14.2 Å². The molecule has 1 saturated carbocycles. The molecule has 0 spiro atoms. The van der Waals surface area contributed by atoms with Crippen molar-refractivity contribution >= 4 is 11.8 Å². The van der Waals surface area contributed by atoms with E-state index in [4.69, 9.17) is 9.47 Å². The van der Waals surface area contributed by atoms with E-state index in [1.54, 1.807) is 31.3 Å². The lowest BCUT2D eigenvalue weighted by Gasteiger charge is -2.33. The summed E-state index contributed by atoms with van der Waals surface area (Å²) in [6.45, 7) is 0.203. The molecule has 8 heteroatoms. The van der Waals surface area contributed by atoms with Gasteiger partial charge in [0.2, 0.25) is 5.91 Å². The lowest BCUT2D eigenvalue weighted by atomic mass is 9.94. The zero-order valence-electron chi connectivity index (χ0n) is 20.7. The lowest BCUT2D eigenvalue weighted by molar-refractivity contribution is -0.127. The lowest BCUT2D eigenvalue weighted by Crippen LogP contribution is -2.47. The summed E-state index contributed by atoms with van der Waals surface area (Å²) in [7, 11) is 3.20. The van der Waals surface area contributed by atoms with Gasteiger partial charge in [-0.3, -0.25) is 14.6 Å². The predicted molar refractivity (Wildman–Crippen MR) is 136 cm³/mol. The number of rotatable bonds is 9. The number of carbonyl (C=O) groups excluding carboxylic acids is 2. The van der Waals surface area contributed by atoms with Crippen LogP contribution in [0.1, 0.15) is 59.8 Å². The first-order valence-corrected chi connectivity index (χ1v) is 12.2. The first-order valence-electron chi connectivity index (χ1n) is 12.2. The Morgan fingerprint density at radius 3 is 2.17 bits per heavy atom. The number of hydrogen-bond donors (Lipinski definition) is 1. The van der Waals surface area contributed by atoms with Gasteiger partial charge < -0.3 is 19.7 Å². The average molecular weight is 489 g/mol. The van der Waals surface area contributed by atoms with E-state index in [1.165, 1.54) is 25.0 Å². The Morgan fingerprint density at radius 2 is 1.58 bits per heavy atom. The molecule has 0 saturated heterocycles. The van der Waals surface area contributed by atoms with Crippen LogP contribution in [0.4, 0.5) is 0 Å². The number of methoxy groups -OCH3 is 2. The van der Waals surface area contributed by atoms with Gasteiger partial charge >= 0.3 is 0 Å². The van der Waals surface area contributed by atoms with Crippen LogP contribution in [-0.2, 0) is 11.3 Å². The summed E-state index contributed by atoms with van der Waals surface area (Å²) in [6.07, 6.45) is 9.66. The monoisotopic (exact) mass is 488 g/mol. The molecule has 2 aromatic carbocycles. The second kappa shape index (κ2) is 12.2. The van der Waals surface area contributed by atoms with Crippen LogP contribution >= 0.6 is 0 Å². The van der Waals surface area contributed by atoms with E-state index in [1.807, 2.05) is 36.4 Å². The summed E-state index contributed by atoms with van der Waals surface area (Å²) >= 11 is 0. The summed E-state index contributed by atoms with van der Waals surface area (Å²) < 4.78 is 10.6. The number of nitrogens with zero attached hydrogens (tertiary/aromatic N) is 3. The Labute approximate surface area is 211 Å². The number of amides is 2. The molecule has 4 rings (SSSR count). The van der Waals surface area contributed by atoms with E-state index >= 15 is 0 Å². The van der Waals surface area contributed by atoms with Crippen LogP contribution in [-0.4, -0.2) is 46.9 Å². The smallest absolute Gasteiger partial charge is 0.275 e. The highest BCUT2D eigenvalue weighted by Crippen LogP contribution is 2.28. The molecule has 1 fully saturated rings. The first-order chi connectivity index (χ1) is 17.6. The third-order valence-electron chi connectivity index (χ3n) is 6.50. The zero-order valence-corrected chi connectivity index (χ0v) is 20.7. The molecule has 1 atom stereocenters. The number of nitrogens with one attached hydrogen (secondary N) is 1. The van der Waals surface area contributed by atoms with Gasteiger partial charge in [-0.2, -0.15) is 0 Å². The van der Waals surface area contributed by atoms with E-state index in [0.717, 1.165) is 31.2 Å². The number of carbonyl (C=O) groups is 2. The van der Waals surface area contributed by atoms with Gasteiger partial charge in [0.15, 0.2) is 0 Å². The minimum atomic E-state index is -0.866. The molecule has 3 aromatic rings. The Bertz CT molecular complexity index is 1130. The van der Waals surface area contributed by atoms with Crippen LogP contribution < -0.4 is 14.8 Å². The van der Waals surface area contributed by atoms with Crippen molar-refractivity contribution in [2.24, 2.45) is 0 Å². The molecule has 0 unspecified atom stereocenters. The van der Waals surface area contributed by atoms with E-state index in [0.29, 0.717) is 17.1 Å². The SMILES string of the molecule is COc1ccc(CN(C(=O)c2cnccn2)[C@H](C(=O)NC2CCCCC2)c2ccc(OC)cc2)cc1. The molecule has 1 aliphatic rings. The summed E-state index contributed by atoms with van der Waals surface area (Å²) in [6, 6.07) is 13.9. The van der Waals surface area contributed by atoms with Crippen LogP contribution in [0.3, 0.4) is 0 Å². The molecular formula is C28H32N4O4. The standard InChI is InChI=1S/C28H32N4O4/c1-35-23-12-8-20(9-13-23)19-32(28(34)25-18-29-16-17-30-25)26(21-10-14-24(36-2)15-11-21)27(33)31-22-6-4-3-5-7-22/h8-18,22,26H,3-7,19H2,1-2H3,(H,31,33)/t26-/m0/s1. The number of benzene rings is 2. The highest BCUT2D eigenvalue weighted by Gasteiger charge is 2.34. The number of hydrogen-bond acceptors (Lipinski definition) is 6. The van der Waals surface area contributed by atoms with Gasteiger partial charge in [-0.25, -0.2) is 4.98 Å². The molecule has 0 aliphatic heterocycles. The van der Waals surface area contributed by atoms with Gasteiger partial charge in [-0.15, -0.1) is 0 Å². The van der Waals surface area contributed by atoms with Gasteiger partial charge in [0.05, 0.1) is 20.4 Å². The Balaban J connectivity index is 1.73. The predicted octanol–water partition coefficient (Wildman–Crippen LogP) is 4.33. The summed E-state index contributed by atoms with van der Waals surface area (Å²) in [5.41, 5.74) is 1.72. The summed E-state index contributed by atoms with van der Waals surface area (Å²) in [4.78, 5) is 37.5. The van der Waals surface area contributed by atoms with Crippen molar-refractivity contribution in [3.63, 3.8) is 0 Å². The Morgan fingerprint density at radius 1 is 0.944 bits per heavy atom. The molecule has 1 aromatic heterocycles. The second-order valence-corrected chi connectivity index (χ2v) is 8.89. The van der Waals surface area contributed by atoms with Gasteiger partial charge in [-0.05, 0) is 48.2 Å². The van der Waals surface area contributed by atoms with Gasteiger partial charge in [0, 0.05) is 25.0 Å². The van der Waals surface area contributed by atoms with E-state index in [9.17, 15) is 9.59 Å². The third-order valence-corrected chi connectivity index (χ3v) is 6.50. The minimum Gasteiger partial charge on any atom is -0.497 e. The fourth-order valence-electron chi connectivity index (χ4n) is 4.55. The molecule has 0 radical (unpaired) electrons. The first kappa shape index (κ1) is 25.2. The third kappa shape index (κ3) is 6.19. The van der Waals surface area contributed by atoms with Crippen molar-refractivity contribution in [3.05, 3.63) is 83.9 Å². The molecule has 1 N–H and O–H groups in total. The fourth-order valence-corrected chi connectivity index (χ4v) is 4.55. The molecule has 36 heavy (non-hydrogen) atoms. The Kier molecular flexibility index (Phi) is 8.49. The van der Waals surface area contributed by atoms with Gasteiger partial charge in [0.1, 0.15) is 23.2 Å². The molecular weight excluding hydrogens is 456 g/mol. The quantitative estimate of drug-likeness (QED) is 0.482. The summed E-state index contributed by atoms with van der Waals surface area (Å²) in [5.74, 6) is 0.802. The van der Waals surface area contributed by atoms with Crippen LogP contribution in [0, 0.1) is 0 Å². The topological polar surface area (TPSA) is 93.7 Å². The zero-order chi connectivity index (χ0) is 25.3. The maximum Gasteiger partial charge on any atom is 0.275 e. The molecule has 1 aliphatic carbocycles. The van der Waals surface area contributed by atoms with Crippen molar-refractivity contribution in [1.29, 1.82) is 0 Å². The van der Waals surface area contributed by atoms with Crippen LogP contribution in [0.5, 0.6) is 11.5 Å². The van der Waals surface area contributed by atoms with Crippen molar-refractivity contribution in [3.8, 4) is 11.5 Å². The number of ether oxygens (including phenoxy) is 2. The highest BCUT2D eigenvalue weighted by molar-refractivity contribution is 5.96. The maximum absolute atomic E-state index is 13.8. The van der Waals surface area contributed by atoms with Crippen LogP contribution in [0.15, 0.2) is 67.1 Å². The Hall–Kier alpha value is -3.94. The van der Waals surface area contributed by atoms with E-state index < -0.39 is 6.04 Å². The van der Waals surface area contributed by atoms with Gasteiger partial charge in [-0.1, -0.05) is 43.5 Å². The molecule has 1 heterocycles. The normalized spacial score (nSPS) is 14.5. The van der Waals surface area contributed by atoms with E-state index in [-0.39, 0.29) is 30.1 Å². The molecule has 0 bridgehead atoms. The molecule has 2 amide bonds. The van der Waals surface area contributed by atoms with E-state index in [2.05, 4.69) is 15.3 Å². The largest absolute Gasteiger partial charge is 0.497 e. The highest BCUT2D eigenvalue weighted by atomic mass is 16.5. The molecule has 8 nitrogen and oxygen atoms in total. The number of aromatic nitrogens is 2. The molecule has 188 valence electrons. The van der Waals surface area contributed by atoms with Crippen molar-refractivity contribution in [2.45, 2.75) is 50.7 Å². The minimum absolute atomic E-state index is 0.0986. The van der Waals surface area contributed by atoms with Crippen molar-refractivity contribution < 1.29 is 19.1 Å². The van der Waals surface area contributed by atoms with Crippen LogP contribution in [0.25, 0.3) is 0 Å². The maximum atomic E-state index is 13.8.